The van der Waals surface area contributed by atoms with Crippen molar-refractivity contribution in [2.24, 2.45) is 0 Å². The van der Waals surface area contributed by atoms with E-state index in [1.165, 1.54) is 0 Å². The molecule has 0 amide bonds. The molecule has 2 atom stereocenters. The van der Waals surface area contributed by atoms with Crippen LogP contribution in [0.2, 0.25) is 0 Å². The van der Waals surface area contributed by atoms with E-state index < -0.39 is 36.3 Å². The molecule has 1 heterocycles. The molecule has 1 aliphatic rings. The molecule has 0 aliphatic carbocycles. The zero-order chi connectivity index (χ0) is 12.0. The molecule has 1 aliphatic heterocycles. The van der Waals surface area contributed by atoms with E-state index in [0.29, 0.717) is 0 Å². The summed E-state index contributed by atoms with van der Waals surface area (Å²) in [6.07, 6.45) is -2.88. The SMILES string of the molecule is CC[O-].O=C1O[C@H]([C@@H](O)CO)C(O)=C1[O-].[NH4+].[NH4+]. The normalized spacial score (nSPS) is 19.3. The Kier molecular flexibility index (Phi) is 12.1. The molecule has 0 fully saturated rings. The summed E-state index contributed by atoms with van der Waals surface area (Å²) in [5.74, 6) is -3.25. The maximum absolute atomic E-state index is 10.6. The number of quaternary nitrogens is 2. The van der Waals surface area contributed by atoms with Gasteiger partial charge in [-0.2, -0.15) is 0 Å². The third kappa shape index (κ3) is 5.47. The Labute approximate surface area is 98.1 Å². The Hall–Kier alpha value is -1.39. The highest BCUT2D eigenvalue weighted by atomic mass is 16.6. The van der Waals surface area contributed by atoms with Crippen molar-refractivity contribution in [2.75, 3.05) is 13.2 Å². The van der Waals surface area contributed by atoms with Crippen LogP contribution in [-0.4, -0.2) is 46.7 Å². The molecule has 0 radical (unpaired) electrons. The van der Waals surface area contributed by atoms with Crippen LogP contribution in [0.1, 0.15) is 6.92 Å². The third-order valence-electron chi connectivity index (χ3n) is 1.46. The van der Waals surface area contributed by atoms with E-state index in [-0.39, 0.29) is 18.9 Å². The van der Waals surface area contributed by atoms with Crippen molar-refractivity contribution in [3.8, 4) is 0 Å². The molecule has 0 aromatic rings. The molecule has 11 N–H and O–H groups in total. The van der Waals surface area contributed by atoms with Gasteiger partial charge in [-0.25, -0.2) is 4.79 Å². The number of hydrogen-bond donors (Lipinski definition) is 5. The first-order chi connectivity index (χ1) is 6.99. The molecule has 9 nitrogen and oxygen atoms in total. The average molecular weight is 256 g/mol. The first-order valence-electron chi connectivity index (χ1n) is 4.17. The van der Waals surface area contributed by atoms with Crippen LogP contribution in [0.5, 0.6) is 0 Å². The van der Waals surface area contributed by atoms with E-state index in [2.05, 4.69) is 4.74 Å². The summed E-state index contributed by atoms with van der Waals surface area (Å²) in [5.41, 5.74) is 0. The molecule has 0 bridgehead atoms. The number of rotatable bonds is 2. The predicted molar refractivity (Wildman–Crippen MR) is 55.1 cm³/mol. The van der Waals surface area contributed by atoms with Gasteiger partial charge in [-0.15, -0.1) is 6.61 Å². The Morgan fingerprint density at radius 2 is 1.88 bits per heavy atom. The van der Waals surface area contributed by atoms with Gasteiger partial charge in [0.05, 0.1) is 6.61 Å². The summed E-state index contributed by atoms with van der Waals surface area (Å²) in [5, 5.41) is 45.7. The molecule has 17 heavy (non-hydrogen) atoms. The predicted octanol–water partition coefficient (Wildman–Crippen LogP) is -2.49. The maximum atomic E-state index is 10.6. The molecular formula is C8H20N2O7. The Morgan fingerprint density at radius 1 is 1.47 bits per heavy atom. The topological polar surface area (TPSA) is 206 Å². The van der Waals surface area contributed by atoms with Crippen LogP contribution in [0.25, 0.3) is 0 Å². The minimum absolute atomic E-state index is 0. The van der Waals surface area contributed by atoms with E-state index in [4.69, 9.17) is 20.4 Å². The smallest absolute Gasteiger partial charge is 0.327 e. The van der Waals surface area contributed by atoms with E-state index in [1.54, 1.807) is 6.92 Å². The van der Waals surface area contributed by atoms with E-state index in [9.17, 15) is 9.90 Å². The number of esters is 1. The molecule has 9 heteroatoms. The lowest BCUT2D eigenvalue weighted by molar-refractivity contribution is -0.361. The molecule has 104 valence electrons. The lowest BCUT2D eigenvalue weighted by Gasteiger charge is -2.14. The zero-order valence-electron chi connectivity index (χ0n) is 10.0. The van der Waals surface area contributed by atoms with Crippen molar-refractivity contribution in [1.29, 1.82) is 0 Å². The van der Waals surface area contributed by atoms with Gasteiger partial charge in [-0.1, -0.05) is 6.92 Å². The summed E-state index contributed by atoms with van der Waals surface area (Å²) in [7, 11) is 0. The van der Waals surface area contributed by atoms with Crippen LogP contribution >= 0.6 is 0 Å². The summed E-state index contributed by atoms with van der Waals surface area (Å²) in [6.45, 7) is 0.870. The standard InChI is InChI=1S/C6H8O6.C2H5O.2H3N/c7-1-2(8)5-3(9)4(10)6(11)12-5;1-2-3;;/h2,5,7-10H,1H2;2H2,1H3;2*1H3/q;-1;;/p+1/t2-,5+;;;/m0.../s1. The van der Waals surface area contributed by atoms with Gasteiger partial charge in [-0.3, -0.25) is 0 Å². The quantitative estimate of drug-likeness (QED) is 0.335. The number of aliphatic hydroxyl groups is 3. The van der Waals surface area contributed by atoms with Crippen molar-refractivity contribution in [3.63, 3.8) is 0 Å². The average Bonchev–Trinajstić information content (AvgIpc) is 2.46. The second-order valence-electron chi connectivity index (χ2n) is 2.58. The zero-order valence-corrected chi connectivity index (χ0v) is 10.0. The summed E-state index contributed by atoms with van der Waals surface area (Å²) in [6, 6.07) is 0. The van der Waals surface area contributed by atoms with Gasteiger partial charge in [0.25, 0.3) is 0 Å². The molecule has 0 saturated heterocycles. The lowest BCUT2D eigenvalue weighted by atomic mass is 10.2. The van der Waals surface area contributed by atoms with Crippen molar-refractivity contribution in [3.05, 3.63) is 11.5 Å². The first-order valence-corrected chi connectivity index (χ1v) is 4.17. The van der Waals surface area contributed by atoms with Gasteiger partial charge in [0.15, 0.2) is 6.10 Å². The van der Waals surface area contributed by atoms with E-state index in [0.717, 1.165) is 0 Å². The number of aliphatic hydroxyl groups excluding tert-OH is 3. The number of cyclic esters (lactones) is 1. The fourth-order valence-electron chi connectivity index (χ4n) is 0.815. The molecule has 0 spiro atoms. The van der Waals surface area contributed by atoms with Crippen LogP contribution in [-0.2, 0) is 9.53 Å². The second kappa shape index (κ2) is 9.81. The van der Waals surface area contributed by atoms with Crippen LogP contribution in [0, 0.1) is 0 Å². The van der Waals surface area contributed by atoms with E-state index in [1.807, 2.05) is 0 Å². The van der Waals surface area contributed by atoms with Gasteiger partial charge in [-0.05, 0) is 0 Å². The number of carbonyl (C=O) groups is 1. The highest BCUT2D eigenvalue weighted by Gasteiger charge is 2.34. The number of carbonyl (C=O) groups excluding carboxylic acids is 1. The highest BCUT2D eigenvalue weighted by Crippen LogP contribution is 2.19. The van der Waals surface area contributed by atoms with Crippen molar-refractivity contribution in [2.45, 2.75) is 19.1 Å². The fraction of sp³-hybridized carbons (Fsp3) is 0.625. The highest BCUT2D eigenvalue weighted by molar-refractivity contribution is 5.88. The van der Waals surface area contributed by atoms with Gasteiger partial charge in [0.1, 0.15) is 11.9 Å². The van der Waals surface area contributed by atoms with Crippen LogP contribution in [0.3, 0.4) is 0 Å². The Morgan fingerprint density at radius 3 is 2.12 bits per heavy atom. The summed E-state index contributed by atoms with van der Waals surface area (Å²) >= 11 is 0. The lowest BCUT2D eigenvalue weighted by Crippen LogP contribution is -2.31. The number of hydrogen-bond acceptors (Lipinski definition) is 7. The second-order valence-corrected chi connectivity index (χ2v) is 2.58. The molecule has 0 saturated carbocycles. The molecule has 0 unspecified atom stereocenters. The Bertz CT molecular complexity index is 256. The van der Waals surface area contributed by atoms with Gasteiger partial charge >= 0.3 is 5.97 Å². The monoisotopic (exact) mass is 256 g/mol. The minimum atomic E-state index is -1.46. The van der Waals surface area contributed by atoms with Gasteiger partial charge < -0.3 is 42.6 Å². The van der Waals surface area contributed by atoms with Crippen molar-refractivity contribution >= 4 is 5.97 Å². The van der Waals surface area contributed by atoms with Crippen molar-refractivity contribution < 1.29 is 35.1 Å². The number of ether oxygens (including phenoxy) is 1. The summed E-state index contributed by atoms with van der Waals surface area (Å²) in [4.78, 5) is 10.5. The first kappa shape index (κ1) is 21.0. The Balaban J connectivity index is -0.000000356. The van der Waals surface area contributed by atoms with Gasteiger partial charge in [0, 0.05) is 5.76 Å². The molecule has 0 aromatic carbocycles. The van der Waals surface area contributed by atoms with Crippen LogP contribution < -0.4 is 22.5 Å². The van der Waals surface area contributed by atoms with Gasteiger partial charge in [0.2, 0.25) is 0 Å². The molecular weight excluding hydrogens is 236 g/mol. The van der Waals surface area contributed by atoms with Crippen LogP contribution in [0.4, 0.5) is 0 Å². The van der Waals surface area contributed by atoms with Crippen molar-refractivity contribution in [1.82, 2.24) is 12.3 Å². The molecule has 1 rings (SSSR count). The van der Waals surface area contributed by atoms with E-state index >= 15 is 0 Å². The van der Waals surface area contributed by atoms with Crippen LogP contribution in [0.15, 0.2) is 11.5 Å². The fourth-order valence-corrected chi connectivity index (χ4v) is 0.815. The molecule has 0 aromatic heterocycles. The maximum Gasteiger partial charge on any atom is 0.327 e. The largest absolute Gasteiger partial charge is 0.865 e. The summed E-state index contributed by atoms with van der Waals surface area (Å²) < 4.78 is 4.25. The third-order valence-corrected chi connectivity index (χ3v) is 1.46. The minimum Gasteiger partial charge on any atom is -0.865 e.